The standard InChI is InChI=1S/C20H19NO4S/c1-13-5-4-6-14(9-13)12-21-19(22)18(26-20(21)23)10-15-7-8-16(24-2)11-17(15)25-3/h4-11H,12H2,1-3H3/b18-10-. The number of carbonyl (C=O) groups excluding carboxylic acids is 2. The number of imide groups is 1. The number of hydrogen-bond donors (Lipinski definition) is 0. The molecule has 0 N–H and O–H groups in total. The quantitative estimate of drug-likeness (QED) is 0.738. The van der Waals surface area contributed by atoms with Crippen molar-refractivity contribution in [2.45, 2.75) is 13.5 Å². The van der Waals surface area contributed by atoms with Crippen LogP contribution in [0.4, 0.5) is 4.79 Å². The molecule has 6 heteroatoms. The van der Waals surface area contributed by atoms with E-state index in [2.05, 4.69) is 0 Å². The Morgan fingerprint density at radius 3 is 2.58 bits per heavy atom. The molecule has 5 nitrogen and oxygen atoms in total. The van der Waals surface area contributed by atoms with Crippen molar-refractivity contribution in [3.8, 4) is 11.5 Å². The van der Waals surface area contributed by atoms with Crippen molar-refractivity contribution in [3.63, 3.8) is 0 Å². The minimum atomic E-state index is -0.292. The minimum absolute atomic E-state index is 0.267. The fourth-order valence-corrected chi connectivity index (χ4v) is 3.54. The van der Waals surface area contributed by atoms with E-state index in [0.717, 1.165) is 22.9 Å². The molecule has 1 fully saturated rings. The Kier molecular flexibility index (Phi) is 5.32. The molecule has 3 rings (SSSR count). The molecule has 0 aliphatic carbocycles. The van der Waals surface area contributed by atoms with Crippen molar-refractivity contribution in [1.82, 2.24) is 4.90 Å². The predicted molar refractivity (Wildman–Crippen MR) is 102 cm³/mol. The van der Waals surface area contributed by atoms with E-state index in [1.54, 1.807) is 38.5 Å². The van der Waals surface area contributed by atoms with Crippen LogP contribution in [-0.2, 0) is 11.3 Å². The third-order valence-electron chi connectivity index (χ3n) is 4.02. The topological polar surface area (TPSA) is 55.8 Å². The van der Waals surface area contributed by atoms with Crippen LogP contribution in [0.3, 0.4) is 0 Å². The van der Waals surface area contributed by atoms with E-state index in [-0.39, 0.29) is 17.7 Å². The largest absolute Gasteiger partial charge is 0.497 e. The summed E-state index contributed by atoms with van der Waals surface area (Å²) in [5.41, 5.74) is 2.73. The maximum absolute atomic E-state index is 12.7. The number of nitrogens with zero attached hydrogens (tertiary/aromatic N) is 1. The minimum Gasteiger partial charge on any atom is -0.497 e. The second-order valence-corrected chi connectivity index (χ2v) is 6.86. The number of thioether (sulfide) groups is 1. The van der Waals surface area contributed by atoms with Gasteiger partial charge in [0, 0.05) is 11.6 Å². The molecule has 26 heavy (non-hydrogen) atoms. The molecule has 0 bridgehead atoms. The molecule has 1 aliphatic rings. The maximum atomic E-state index is 12.7. The first-order valence-corrected chi connectivity index (χ1v) is 8.86. The van der Waals surface area contributed by atoms with Crippen LogP contribution >= 0.6 is 11.8 Å². The summed E-state index contributed by atoms with van der Waals surface area (Å²) in [5.74, 6) is 0.945. The van der Waals surface area contributed by atoms with Crippen molar-refractivity contribution in [2.75, 3.05) is 14.2 Å². The molecular formula is C20H19NO4S. The number of benzene rings is 2. The van der Waals surface area contributed by atoms with Crippen molar-refractivity contribution in [1.29, 1.82) is 0 Å². The predicted octanol–water partition coefficient (Wildman–Crippen LogP) is 4.25. The number of amides is 2. The highest BCUT2D eigenvalue weighted by molar-refractivity contribution is 8.18. The van der Waals surface area contributed by atoms with Gasteiger partial charge >= 0.3 is 0 Å². The number of methoxy groups -OCH3 is 2. The van der Waals surface area contributed by atoms with Gasteiger partial charge in [-0.2, -0.15) is 0 Å². The van der Waals surface area contributed by atoms with Crippen molar-refractivity contribution < 1.29 is 19.1 Å². The van der Waals surface area contributed by atoms with Gasteiger partial charge in [0.15, 0.2) is 0 Å². The zero-order valence-electron chi connectivity index (χ0n) is 14.8. The molecule has 1 heterocycles. The first-order chi connectivity index (χ1) is 12.5. The average Bonchev–Trinajstić information content (AvgIpc) is 2.89. The lowest BCUT2D eigenvalue weighted by Gasteiger charge is -2.13. The molecule has 1 saturated heterocycles. The number of rotatable bonds is 5. The van der Waals surface area contributed by atoms with Gasteiger partial charge in [0.25, 0.3) is 11.1 Å². The van der Waals surface area contributed by atoms with Gasteiger partial charge in [-0.05, 0) is 42.5 Å². The van der Waals surface area contributed by atoms with Gasteiger partial charge in [0.1, 0.15) is 11.5 Å². The number of aryl methyl sites for hydroxylation is 1. The molecular weight excluding hydrogens is 350 g/mol. The summed E-state index contributed by atoms with van der Waals surface area (Å²) in [6.45, 7) is 2.25. The third-order valence-corrected chi connectivity index (χ3v) is 4.93. The first kappa shape index (κ1) is 18.1. The first-order valence-electron chi connectivity index (χ1n) is 8.04. The SMILES string of the molecule is COc1ccc(/C=C2\SC(=O)N(Cc3cccc(C)c3)C2=O)c(OC)c1. The Bertz CT molecular complexity index is 891. The molecule has 0 unspecified atom stereocenters. The lowest BCUT2D eigenvalue weighted by molar-refractivity contribution is -0.123. The van der Waals surface area contributed by atoms with Crippen molar-refractivity contribution in [3.05, 3.63) is 64.1 Å². The molecule has 0 spiro atoms. The van der Waals surface area contributed by atoms with E-state index in [1.807, 2.05) is 31.2 Å². The number of hydrogen-bond acceptors (Lipinski definition) is 5. The zero-order chi connectivity index (χ0) is 18.7. The zero-order valence-corrected chi connectivity index (χ0v) is 15.6. The third kappa shape index (κ3) is 3.75. The van der Waals surface area contributed by atoms with Gasteiger partial charge in [-0.3, -0.25) is 14.5 Å². The van der Waals surface area contributed by atoms with Gasteiger partial charge in [0.05, 0.1) is 25.7 Å². The van der Waals surface area contributed by atoms with Crippen LogP contribution in [0, 0.1) is 6.92 Å². The Morgan fingerprint density at radius 2 is 1.88 bits per heavy atom. The Labute approximate surface area is 156 Å². The normalized spacial score (nSPS) is 15.7. The van der Waals surface area contributed by atoms with E-state index in [0.29, 0.717) is 22.0 Å². The van der Waals surface area contributed by atoms with Crippen LogP contribution in [-0.4, -0.2) is 30.3 Å². The fraction of sp³-hybridized carbons (Fsp3) is 0.200. The lowest BCUT2D eigenvalue weighted by atomic mass is 10.1. The molecule has 2 amide bonds. The molecule has 1 aliphatic heterocycles. The van der Waals surface area contributed by atoms with E-state index in [9.17, 15) is 9.59 Å². The van der Waals surface area contributed by atoms with Crippen LogP contribution < -0.4 is 9.47 Å². The number of carbonyl (C=O) groups is 2. The lowest BCUT2D eigenvalue weighted by Crippen LogP contribution is -2.27. The average molecular weight is 369 g/mol. The Morgan fingerprint density at radius 1 is 1.08 bits per heavy atom. The Balaban J connectivity index is 1.85. The van der Waals surface area contributed by atoms with Crippen LogP contribution in [0.15, 0.2) is 47.4 Å². The molecule has 0 atom stereocenters. The van der Waals surface area contributed by atoms with E-state index in [4.69, 9.17) is 9.47 Å². The summed E-state index contributed by atoms with van der Waals surface area (Å²) in [4.78, 5) is 26.6. The van der Waals surface area contributed by atoms with Gasteiger partial charge in [-0.25, -0.2) is 0 Å². The van der Waals surface area contributed by atoms with E-state index in [1.165, 1.54) is 4.90 Å². The molecule has 134 valence electrons. The van der Waals surface area contributed by atoms with Crippen molar-refractivity contribution in [2.24, 2.45) is 0 Å². The fourth-order valence-electron chi connectivity index (χ4n) is 2.71. The van der Waals surface area contributed by atoms with Gasteiger partial charge in [0.2, 0.25) is 0 Å². The van der Waals surface area contributed by atoms with Gasteiger partial charge < -0.3 is 9.47 Å². The summed E-state index contributed by atoms with van der Waals surface area (Å²) in [6.07, 6.45) is 1.68. The van der Waals surface area contributed by atoms with Gasteiger partial charge in [-0.1, -0.05) is 29.8 Å². The van der Waals surface area contributed by atoms with Gasteiger partial charge in [-0.15, -0.1) is 0 Å². The van der Waals surface area contributed by atoms with Crippen LogP contribution in [0.1, 0.15) is 16.7 Å². The van der Waals surface area contributed by atoms with Crippen LogP contribution in [0.2, 0.25) is 0 Å². The number of ether oxygens (including phenoxy) is 2. The summed E-state index contributed by atoms with van der Waals surface area (Å²) in [7, 11) is 3.13. The second kappa shape index (κ2) is 7.66. The maximum Gasteiger partial charge on any atom is 0.293 e. The summed E-state index contributed by atoms with van der Waals surface area (Å²) in [5, 5.41) is -0.268. The van der Waals surface area contributed by atoms with E-state index < -0.39 is 0 Å². The highest BCUT2D eigenvalue weighted by Crippen LogP contribution is 2.35. The monoisotopic (exact) mass is 369 g/mol. The van der Waals surface area contributed by atoms with Crippen molar-refractivity contribution >= 4 is 29.0 Å². The van der Waals surface area contributed by atoms with Crippen LogP contribution in [0.5, 0.6) is 11.5 Å². The summed E-state index contributed by atoms with van der Waals surface area (Å²) >= 11 is 0.941. The second-order valence-electron chi connectivity index (χ2n) is 5.86. The molecule has 0 saturated carbocycles. The summed E-state index contributed by atoms with van der Waals surface area (Å²) < 4.78 is 10.5. The molecule has 0 aromatic heterocycles. The smallest absolute Gasteiger partial charge is 0.293 e. The highest BCUT2D eigenvalue weighted by atomic mass is 32.2. The summed E-state index contributed by atoms with van der Waals surface area (Å²) in [6, 6.07) is 13.1. The van der Waals surface area contributed by atoms with Crippen LogP contribution in [0.25, 0.3) is 6.08 Å². The molecule has 2 aromatic carbocycles. The Hall–Kier alpha value is -2.73. The molecule has 0 radical (unpaired) electrons. The highest BCUT2D eigenvalue weighted by Gasteiger charge is 2.35. The van der Waals surface area contributed by atoms with E-state index >= 15 is 0 Å². The molecule has 2 aromatic rings.